The standard InChI is InChI=1S/C24H47B3O6/c1-16(2)15-17(25-28-19(3,4)20(5,6)29-25)18(26-30-21(7,8)22(9,10)31-26)27-32-23(11,12)24(13,14)33-27/h16-18H,15H2,1-14H3/t17-/m0/s1. The van der Waals surface area contributed by atoms with Gasteiger partial charge in [-0.15, -0.1) is 0 Å². The van der Waals surface area contributed by atoms with Crippen molar-refractivity contribution >= 4 is 21.4 Å². The lowest BCUT2D eigenvalue weighted by Gasteiger charge is -2.32. The first kappa shape index (κ1) is 27.5. The van der Waals surface area contributed by atoms with Crippen LogP contribution in [0.1, 0.15) is 103 Å². The predicted molar refractivity (Wildman–Crippen MR) is 135 cm³/mol. The van der Waals surface area contributed by atoms with E-state index in [0.717, 1.165) is 6.42 Å². The molecule has 6 nitrogen and oxygen atoms in total. The van der Waals surface area contributed by atoms with Crippen LogP contribution in [0.25, 0.3) is 0 Å². The molecule has 0 spiro atoms. The molecule has 0 aromatic carbocycles. The predicted octanol–water partition coefficient (Wildman–Crippen LogP) is 5.59. The zero-order chi connectivity index (χ0) is 25.4. The molecule has 33 heavy (non-hydrogen) atoms. The van der Waals surface area contributed by atoms with Crippen molar-refractivity contribution in [2.45, 2.75) is 148 Å². The largest absolute Gasteiger partial charge is 0.460 e. The summed E-state index contributed by atoms with van der Waals surface area (Å²) in [6.45, 7) is 29.5. The molecule has 1 atom stereocenters. The van der Waals surface area contributed by atoms with Gasteiger partial charge in [-0.3, -0.25) is 0 Å². The van der Waals surface area contributed by atoms with E-state index < -0.39 is 55.0 Å². The molecule has 0 unspecified atom stereocenters. The molecule has 3 aliphatic heterocycles. The zero-order valence-corrected chi connectivity index (χ0v) is 23.6. The fourth-order valence-electron chi connectivity index (χ4n) is 4.68. The summed E-state index contributed by atoms with van der Waals surface area (Å²) < 4.78 is 39.6. The van der Waals surface area contributed by atoms with Crippen molar-refractivity contribution in [3.05, 3.63) is 0 Å². The maximum Gasteiger partial charge on any atom is 0.460 e. The third kappa shape index (κ3) is 4.84. The first-order chi connectivity index (χ1) is 14.6. The Balaban J connectivity index is 2.04. The van der Waals surface area contributed by atoms with Crippen LogP contribution in [-0.4, -0.2) is 55.0 Å². The van der Waals surface area contributed by atoms with Gasteiger partial charge in [0, 0.05) is 5.72 Å². The average molecular weight is 464 g/mol. The van der Waals surface area contributed by atoms with Crippen molar-refractivity contribution in [1.29, 1.82) is 0 Å². The fourth-order valence-corrected chi connectivity index (χ4v) is 4.68. The molecule has 0 radical (unpaired) electrons. The minimum absolute atomic E-state index is 0.0459. The smallest absolute Gasteiger partial charge is 0.403 e. The van der Waals surface area contributed by atoms with Gasteiger partial charge in [0.15, 0.2) is 0 Å². The molecule has 0 aromatic heterocycles. The summed E-state index contributed by atoms with van der Waals surface area (Å²) in [6.07, 6.45) is 0.871. The van der Waals surface area contributed by atoms with Crippen LogP contribution in [0.4, 0.5) is 0 Å². The van der Waals surface area contributed by atoms with Crippen LogP contribution in [0.3, 0.4) is 0 Å². The summed E-state index contributed by atoms with van der Waals surface area (Å²) in [7, 11) is -1.43. The molecule has 9 heteroatoms. The summed E-state index contributed by atoms with van der Waals surface area (Å²) in [5, 5.41) is 0. The second-order valence-electron chi connectivity index (χ2n) is 13.7. The lowest BCUT2D eigenvalue weighted by molar-refractivity contribution is 0.00578. The van der Waals surface area contributed by atoms with E-state index in [-0.39, 0.29) is 11.5 Å². The van der Waals surface area contributed by atoms with Crippen molar-refractivity contribution < 1.29 is 27.9 Å². The molecule has 3 heterocycles. The highest BCUT2D eigenvalue weighted by Crippen LogP contribution is 2.53. The average Bonchev–Trinajstić information content (AvgIpc) is 3.01. The molecule has 188 valence electrons. The van der Waals surface area contributed by atoms with E-state index in [4.69, 9.17) is 27.9 Å². The van der Waals surface area contributed by atoms with Crippen LogP contribution in [0, 0.1) is 5.92 Å². The third-order valence-electron chi connectivity index (χ3n) is 9.03. The lowest BCUT2D eigenvalue weighted by Crippen LogP contribution is -2.46. The molecule has 3 rings (SSSR count). The van der Waals surface area contributed by atoms with E-state index in [1.807, 2.05) is 0 Å². The Morgan fingerprint density at radius 2 is 0.697 bits per heavy atom. The Bertz CT molecular complexity index is 650. The molecule has 0 amide bonds. The molecule has 0 saturated carbocycles. The number of hydrogen-bond donors (Lipinski definition) is 0. The van der Waals surface area contributed by atoms with Gasteiger partial charge in [0.1, 0.15) is 0 Å². The van der Waals surface area contributed by atoms with Crippen LogP contribution < -0.4 is 0 Å². The normalized spacial score (nSPS) is 30.0. The lowest BCUT2D eigenvalue weighted by atomic mass is 9.39. The highest BCUT2D eigenvalue weighted by Gasteiger charge is 2.66. The maximum atomic E-state index is 6.61. The molecule has 0 aliphatic carbocycles. The summed E-state index contributed by atoms with van der Waals surface area (Å²) in [4.78, 5) is 0. The molecule has 3 fully saturated rings. The van der Waals surface area contributed by atoms with Crippen molar-refractivity contribution in [2.24, 2.45) is 5.92 Å². The topological polar surface area (TPSA) is 55.4 Å². The minimum Gasteiger partial charge on any atom is -0.403 e. The first-order valence-electron chi connectivity index (χ1n) is 12.7. The minimum atomic E-state index is -0.507. The molecular formula is C24H47B3O6. The Morgan fingerprint density at radius 1 is 0.455 bits per heavy atom. The molecule has 0 bridgehead atoms. The summed E-state index contributed by atoms with van der Waals surface area (Å²) in [5.41, 5.74) is -2.93. The van der Waals surface area contributed by atoms with Crippen LogP contribution >= 0.6 is 0 Å². The third-order valence-corrected chi connectivity index (χ3v) is 9.03. The summed E-state index contributed by atoms with van der Waals surface area (Å²) in [5.74, 6) is 0.372. The maximum absolute atomic E-state index is 6.61. The van der Waals surface area contributed by atoms with Crippen LogP contribution in [0.5, 0.6) is 0 Å². The van der Waals surface area contributed by atoms with Gasteiger partial charge in [-0.05, 0) is 94.8 Å². The first-order valence-corrected chi connectivity index (χ1v) is 12.7. The Kier molecular flexibility index (Phi) is 6.88. The summed E-state index contributed by atoms with van der Waals surface area (Å²) in [6, 6.07) is 0. The summed E-state index contributed by atoms with van der Waals surface area (Å²) >= 11 is 0. The van der Waals surface area contributed by atoms with Gasteiger partial charge < -0.3 is 27.9 Å². The second kappa shape index (κ2) is 8.24. The second-order valence-corrected chi connectivity index (χ2v) is 13.7. The number of rotatable bonds is 6. The van der Waals surface area contributed by atoms with Crippen molar-refractivity contribution in [3.8, 4) is 0 Å². The molecule has 0 aromatic rings. The Hall–Kier alpha value is -0.0452. The molecule has 3 saturated heterocycles. The highest BCUT2D eigenvalue weighted by atomic mass is 16.7. The van der Waals surface area contributed by atoms with Crippen molar-refractivity contribution in [3.63, 3.8) is 0 Å². The van der Waals surface area contributed by atoms with E-state index in [1.54, 1.807) is 0 Å². The fraction of sp³-hybridized carbons (Fsp3) is 1.00. The monoisotopic (exact) mass is 464 g/mol. The quantitative estimate of drug-likeness (QED) is 0.478. The van der Waals surface area contributed by atoms with E-state index in [1.165, 1.54) is 0 Å². The molecule has 0 N–H and O–H groups in total. The van der Waals surface area contributed by atoms with Crippen molar-refractivity contribution in [1.82, 2.24) is 0 Å². The van der Waals surface area contributed by atoms with Gasteiger partial charge >= 0.3 is 21.4 Å². The highest BCUT2D eigenvalue weighted by molar-refractivity contribution is 6.71. The van der Waals surface area contributed by atoms with Gasteiger partial charge in [0.25, 0.3) is 0 Å². The van der Waals surface area contributed by atoms with Crippen LogP contribution in [0.2, 0.25) is 11.5 Å². The van der Waals surface area contributed by atoms with E-state index in [0.29, 0.717) is 5.92 Å². The van der Waals surface area contributed by atoms with Gasteiger partial charge in [-0.2, -0.15) is 0 Å². The Labute approximate surface area is 203 Å². The molecule has 3 aliphatic rings. The van der Waals surface area contributed by atoms with Crippen molar-refractivity contribution in [2.75, 3.05) is 0 Å². The van der Waals surface area contributed by atoms with E-state index in [2.05, 4.69) is 96.9 Å². The van der Waals surface area contributed by atoms with Gasteiger partial charge in [0.2, 0.25) is 0 Å². The van der Waals surface area contributed by atoms with E-state index in [9.17, 15) is 0 Å². The van der Waals surface area contributed by atoms with Gasteiger partial charge in [-0.25, -0.2) is 0 Å². The zero-order valence-electron chi connectivity index (χ0n) is 23.6. The Morgan fingerprint density at radius 3 is 0.939 bits per heavy atom. The van der Waals surface area contributed by atoms with Gasteiger partial charge in [-0.1, -0.05) is 20.3 Å². The van der Waals surface area contributed by atoms with Crippen LogP contribution in [0.15, 0.2) is 0 Å². The van der Waals surface area contributed by atoms with E-state index >= 15 is 0 Å². The SMILES string of the molecule is CC(C)C[C@H](B1OC(C)(C)C(C)(C)O1)C(B1OC(C)(C)C(C)(C)O1)B1OC(C)(C)C(C)(C)O1. The number of hydrogen-bond acceptors (Lipinski definition) is 6. The van der Waals surface area contributed by atoms with Crippen LogP contribution in [-0.2, 0) is 27.9 Å². The molecular weight excluding hydrogens is 417 g/mol. The van der Waals surface area contributed by atoms with Gasteiger partial charge in [0.05, 0.1) is 33.6 Å².